The minimum atomic E-state index is -1.04. The summed E-state index contributed by atoms with van der Waals surface area (Å²) in [5, 5.41) is 4.80. The average molecular weight is 270 g/mol. The topological polar surface area (TPSA) is 58.2 Å². The third kappa shape index (κ3) is 5.46. The lowest BCUT2D eigenvalue weighted by atomic mass is 10.1. The van der Waals surface area contributed by atoms with Crippen molar-refractivity contribution in [2.75, 3.05) is 11.9 Å². The standard InChI is InChI=1S/C13H16F2N2O2/c1-8(2)5-12(18)16-7-13(19)17-9-3-4-10(14)11(15)6-9/h3-4,6,8H,5,7H2,1-2H3,(H,16,18)(H,17,19). The van der Waals surface area contributed by atoms with Crippen LogP contribution in [0.1, 0.15) is 20.3 Å². The number of anilines is 1. The second-order valence-electron chi connectivity index (χ2n) is 4.55. The van der Waals surface area contributed by atoms with Gasteiger partial charge in [0.1, 0.15) is 0 Å². The zero-order valence-electron chi connectivity index (χ0n) is 10.8. The fourth-order valence-electron chi connectivity index (χ4n) is 1.40. The second kappa shape index (κ2) is 6.82. The molecule has 4 nitrogen and oxygen atoms in total. The highest BCUT2D eigenvalue weighted by atomic mass is 19.2. The lowest BCUT2D eigenvalue weighted by molar-refractivity contribution is -0.124. The molecule has 0 fully saturated rings. The van der Waals surface area contributed by atoms with Crippen LogP contribution in [0.5, 0.6) is 0 Å². The van der Waals surface area contributed by atoms with E-state index in [1.54, 1.807) is 0 Å². The van der Waals surface area contributed by atoms with Crippen molar-refractivity contribution in [2.24, 2.45) is 5.92 Å². The third-order valence-corrected chi connectivity index (χ3v) is 2.24. The Morgan fingerprint density at radius 2 is 1.84 bits per heavy atom. The summed E-state index contributed by atoms with van der Waals surface area (Å²) in [5.74, 6) is -2.54. The van der Waals surface area contributed by atoms with Crippen LogP contribution in [0.2, 0.25) is 0 Å². The summed E-state index contributed by atoms with van der Waals surface area (Å²) >= 11 is 0. The van der Waals surface area contributed by atoms with Crippen molar-refractivity contribution in [3.05, 3.63) is 29.8 Å². The number of hydrogen-bond acceptors (Lipinski definition) is 2. The van der Waals surface area contributed by atoms with Gasteiger partial charge in [-0.2, -0.15) is 0 Å². The largest absolute Gasteiger partial charge is 0.347 e. The molecule has 0 aromatic heterocycles. The van der Waals surface area contributed by atoms with E-state index in [4.69, 9.17) is 0 Å². The normalized spacial score (nSPS) is 10.4. The van der Waals surface area contributed by atoms with Crippen molar-refractivity contribution in [1.29, 1.82) is 0 Å². The van der Waals surface area contributed by atoms with Crippen LogP contribution in [-0.2, 0) is 9.59 Å². The van der Waals surface area contributed by atoms with Gasteiger partial charge in [-0.05, 0) is 18.1 Å². The molecule has 0 saturated heterocycles. The minimum absolute atomic E-state index is 0.141. The molecule has 1 aromatic rings. The fourth-order valence-corrected chi connectivity index (χ4v) is 1.40. The van der Waals surface area contributed by atoms with Gasteiger partial charge in [0, 0.05) is 18.2 Å². The molecule has 0 aliphatic heterocycles. The number of carbonyl (C=O) groups is 2. The van der Waals surface area contributed by atoms with Gasteiger partial charge in [-0.25, -0.2) is 8.78 Å². The highest BCUT2D eigenvalue weighted by molar-refractivity contribution is 5.94. The van der Waals surface area contributed by atoms with Crippen LogP contribution in [-0.4, -0.2) is 18.4 Å². The minimum Gasteiger partial charge on any atom is -0.347 e. The Kier molecular flexibility index (Phi) is 5.41. The molecule has 0 radical (unpaired) electrons. The lowest BCUT2D eigenvalue weighted by Crippen LogP contribution is -2.33. The first-order valence-electron chi connectivity index (χ1n) is 5.90. The van der Waals surface area contributed by atoms with Gasteiger partial charge in [0.05, 0.1) is 6.54 Å². The van der Waals surface area contributed by atoms with Crippen LogP contribution in [0.4, 0.5) is 14.5 Å². The molecule has 0 spiro atoms. The highest BCUT2D eigenvalue weighted by Crippen LogP contribution is 2.12. The van der Waals surface area contributed by atoms with Crippen LogP contribution in [0.25, 0.3) is 0 Å². The third-order valence-electron chi connectivity index (χ3n) is 2.24. The van der Waals surface area contributed by atoms with Crippen molar-refractivity contribution in [2.45, 2.75) is 20.3 Å². The van der Waals surface area contributed by atoms with Crippen LogP contribution in [0.15, 0.2) is 18.2 Å². The quantitative estimate of drug-likeness (QED) is 0.860. The molecule has 0 saturated carbocycles. The molecule has 6 heteroatoms. The molecule has 0 unspecified atom stereocenters. The monoisotopic (exact) mass is 270 g/mol. The molecule has 0 aliphatic carbocycles. The number of nitrogens with one attached hydrogen (secondary N) is 2. The predicted molar refractivity (Wildman–Crippen MR) is 67.5 cm³/mol. The number of amides is 2. The highest BCUT2D eigenvalue weighted by Gasteiger charge is 2.09. The Labute approximate surface area is 110 Å². The molecule has 19 heavy (non-hydrogen) atoms. The number of halogens is 2. The molecule has 0 bridgehead atoms. The number of rotatable bonds is 5. The first kappa shape index (κ1) is 15.1. The van der Waals surface area contributed by atoms with Crippen molar-refractivity contribution in [3.63, 3.8) is 0 Å². The smallest absolute Gasteiger partial charge is 0.243 e. The van der Waals surface area contributed by atoms with Crippen molar-refractivity contribution < 1.29 is 18.4 Å². The summed E-state index contributed by atoms with van der Waals surface area (Å²) in [6.07, 6.45) is 0.332. The Bertz CT molecular complexity index is 476. The summed E-state index contributed by atoms with van der Waals surface area (Å²) in [6.45, 7) is 3.58. The van der Waals surface area contributed by atoms with Gasteiger partial charge in [0.25, 0.3) is 0 Å². The van der Waals surface area contributed by atoms with Gasteiger partial charge >= 0.3 is 0 Å². The molecule has 0 atom stereocenters. The molecule has 0 heterocycles. The molecule has 2 amide bonds. The van der Waals surface area contributed by atoms with Crippen LogP contribution >= 0.6 is 0 Å². The summed E-state index contributed by atoms with van der Waals surface area (Å²) in [4.78, 5) is 22.8. The van der Waals surface area contributed by atoms with E-state index in [0.717, 1.165) is 12.1 Å². The van der Waals surface area contributed by atoms with E-state index in [9.17, 15) is 18.4 Å². The van der Waals surface area contributed by atoms with E-state index in [2.05, 4.69) is 10.6 Å². The molecule has 2 N–H and O–H groups in total. The van der Waals surface area contributed by atoms with Crippen LogP contribution in [0.3, 0.4) is 0 Å². The first-order chi connectivity index (χ1) is 8.88. The summed E-state index contributed by atoms with van der Waals surface area (Å²) in [7, 11) is 0. The Morgan fingerprint density at radius 1 is 1.16 bits per heavy atom. The SMILES string of the molecule is CC(C)CC(=O)NCC(=O)Nc1ccc(F)c(F)c1. The van der Waals surface area contributed by atoms with E-state index >= 15 is 0 Å². The zero-order chi connectivity index (χ0) is 14.4. The molecular weight excluding hydrogens is 254 g/mol. The average Bonchev–Trinajstić information content (AvgIpc) is 2.30. The van der Waals surface area contributed by atoms with E-state index in [1.807, 2.05) is 13.8 Å². The van der Waals surface area contributed by atoms with E-state index in [-0.39, 0.29) is 24.1 Å². The molecule has 0 aliphatic rings. The predicted octanol–water partition coefficient (Wildman–Crippen LogP) is 2.07. The lowest BCUT2D eigenvalue weighted by Gasteiger charge is -2.08. The Balaban J connectivity index is 2.43. The maximum absolute atomic E-state index is 12.9. The van der Waals surface area contributed by atoms with Crippen molar-refractivity contribution >= 4 is 17.5 Å². The van der Waals surface area contributed by atoms with E-state index < -0.39 is 17.5 Å². The van der Waals surface area contributed by atoms with Gasteiger partial charge in [-0.1, -0.05) is 13.8 Å². The van der Waals surface area contributed by atoms with Crippen molar-refractivity contribution in [3.8, 4) is 0 Å². The zero-order valence-corrected chi connectivity index (χ0v) is 10.8. The molecule has 1 rings (SSSR count). The number of carbonyl (C=O) groups excluding carboxylic acids is 2. The number of hydrogen-bond donors (Lipinski definition) is 2. The van der Waals surface area contributed by atoms with Crippen molar-refractivity contribution in [1.82, 2.24) is 5.32 Å². The summed E-state index contributed by atoms with van der Waals surface area (Å²) in [5.41, 5.74) is 0.141. The van der Waals surface area contributed by atoms with E-state index in [1.165, 1.54) is 6.07 Å². The summed E-state index contributed by atoms with van der Waals surface area (Å²) in [6, 6.07) is 3.04. The van der Waals surface area contributed by atoms with Gasteiger partial charge < -0.3 is 10.6 Å². The number of benzene rings is 1. The summed E-state index contributed by atoms with van der Waals surface area (Å²) < 4.78 is 25.6. The van der Waals surface area contributed by atoms with Gasteiger partial charge in [-0.15, -0.1) is 0 Å². The molecule has 1 aromatic carbocycles. The maximum Gasteiger partial charge on any atom is 0.243 e. The van der Waals surface area contributed by atoms with Gasteiger partial charge in [0.2, 0.25) is 11.8 Å². The molecular formula is C13H16F2N2O2. The van der Waals surface area contributed by atoms with Crippen LogP contribution < -0.4 is 10.6 Å². The Hall–Kier alpha value is -1.98. The van der Waals surface area contributed by atoms with E-state index in [0.29, 0.717) is 6.42 Å². The first-order valence-corrected chi connectivity index (χ1v) is 5.90. The van der Waals surface area contributed by atoms with Gasteiger partial charge in [-0.3, -0.25) is 9.59 Å². The maximum atomic E-state index is 12.9. The molecule has 104 valence electrons. The van der Waals surface area contributed by atoms with Gasteiger partial charge in [0.15, 0.2) is 11.6 Å². The fraction of sp³-hybridized carbons (Fsp3) is 0.385. The van der Waals surface area contributed by atoms with Crippen LogP contribution in [0, 0.1) is 17.6 Å². The second-order valence-corrected chi connectivity index (χ2v) is 4.55. The Morgan fingerprint density at radius 3 is 2.42 bits per heavy atom.